The molecule has 0 radical (unpaired) electrons. The average molecular weight is 323 g/mol. The Morgan fingerprint density at radius 3 is 2.61 bits per heavy atom. The first-order chi connectivity index (χ1) is 8.60. The predicted octanol–water partition coefficient (Wildman–Crippen LogP) is 4.30. The molecule has 2 aromatic carbocycles. The van der Waals surface area contributed by atoms with E-state index in [4.69, 9.17) is 22.6 Å². The van der Waals surface area contributed by atoms with Crippen molar-refractivity contribution < 1.29 is 0 Å². The lowest BCUT2D eigenvalue weighted by Crippen LogP contribution is -1.98. The van der Waals surface area contributed by atoms with Gasteiger partial charge in [0.05, 0.1) is 22.6 Å². The van der Waals surface area contributed by atoms with Crippen LogP contribution in [0.4, 0.5) is 17.1 Å². The van der Waals surface area contributed by atoms with E-state index in [-0.39, 0.29) is 0 Å². The van der Waals surface area contributed by atoms with Gasteiger partial charge in [0.1, 0.15) is 6.07 Å². The molecule has 2 rings (SSSR count). The summed E-state index contributed by atoms with van der Waals surface area (Å²) < 4.78 is 0.900. The second-order valence-electron chi connectivity index (χ2n) is 3.66. The van der Waals surface area contributed by atoms with Crippen LogP contribution in [-0.2, 0) is 0 Å². The topological polar surface area (TPSA) is 61.8 Å². The molecule has 0 amide bonds. The Morgan fingerprint density at radius 1 is 1.17 bits per heavy atom. The van der Waals surface area contributed by atoms with Gasteiger partial charge in [0.15, 0.2) is 0 Å². The molecular formula is C13H9BrClN3. The lowest BCUT2D eigenvalue weighted by Gasteiger charge is -2.11. The Morgan fingerprint density at radius 2 is 1.94 bits per heavy atom. The van der Waals surface area contributed by atoms with Crippen molar-refractivity contribution in [1.29, 1.82) is 5.26 Å². The Labute approximate surface area is 118 Å². The standard InChI is InChI=1S/C13H9BrClN3/c14-9-2-4-12(11(17)5-9)18-13-6-10(15)3-1-8(13)7-16/h1-6,18H,17H2. The van der Waals surface area contributed by atoms with E-state index >= 15 is 0 Å². The van der Waals surface area contributed by atoms with Crippen molar-refractivity contribution in [3.63, 3.8) is 0 Å². The summed E-state index contributed by atoms with van der Waals surface area (Å²) in [6.45, 7) is 0. The van der Waals surface area contributed by atoms with Crippen LogP contribution in [0, 0.1) is 11.3 Å². The first kappa shape index (κ1) is 12.7. The van der Waals surface area contributed by atoms with Gasteiger partial charge in [-0.15, -0.1) is 0 Å². The molecule has 0 aliphatic heterocycles. The van der Waals surface area contributed by atoms with Crippen molar-refractivity contribution in [2.24, 2.45) is 0 Å². The first-order valence-corrected chi connectivity index (χ1v) is 6.29. The molecule has 90 valence electrons. The van der Waals surface area contributed by atoms with Gasteiger partial charge in [-0.25, -0.2) is 0 Å². The van der Waals surface area contributed by atoms with Crippen LogP contribution >= 0.6 is 27.5 Å². The first-order valence-electron chi connectivity index (χ1n) is 5.12. The summed E-state index contributed by atoms with van der Waals surface area (Å²) in [6, 6.07) is 12.6. The normalized spacial score (nSPS) is 9.83. The fraction of sp³-hybridized carbons (Fsp3) is 0. The summed E-state index contributed by atoms with van der Waals surface area (Å²) in [5.41, 5.74) is 8.37. The number of anilines is 3. The summed E-state index contributed by atoms with van der Waals surface area (Å²) in [7, 11) is 0. The van der Waals surface area contributed by atoms with Gasteiger partial charge < -0.3 is 11.1 Å². The Balaban J connectivity index is 2.40. The van der Waals surface area contributed by atoms with Crippen LogP contribution in [-0.4, -0.2) is 0 Å². The van der Waals surface area contributed by atoms with Crippen LogP contribution in [0.5, 0.6) is 0 Å². The number of nitrogen functional groups attached to an aromatic ring is 1. The molecule has 0 bridgehead atoms. The zero-order valence-electron chi connectivity index (χ0n) is 9.24. The number of hydrogen-bond acceptors (Lipinski definition) is 3. The van der Waals surface area contributed by atoms with Crippen molar-refractivity contribution in [3.05, 3.63) is 51.5 Å². The lowest BCUT2D eigenvalue weighted by atomic mass is 10.2. The molecule has 0 atom stereocenters. The smallest absolute Gasteiger partial charge is 0.101 e. The van der Waals surface area contributed by atoms with Gasteiger partial charge in [-0.1, -0.05) is 27.5 Å². The van der Waals surface area contributed by atoms with Crippen LogP contribution in [0.1, 0.15) is 5.56 Å². The van der Waals surface area contributed by atoms with Crippen LogP contribution in [0.2, 0.25) is 5.02 Å². The molecule has 0 fully saturated rings. The van der Waals surface area contributed by atoms with Crippen molar-refractivity contribution in [1.82, 2.24) is 0 Å². The zero-order chi connectivity index (χ0) is 13.1. The molecular weight excluding hydrogens is 314 g/mol. The highest BCUT2D eigenvalue weighted by atomic mass is 79.9. The highest BCUT2D eigenvalue weighted by Gasteiger charge is 2.05. The minimum Gasteiger partial charge on any atom is -0.397 e. The minimum absolute atomic E-state index is 0.515. The summed E-state index contributed by atoms with van der Waals surface area (Å²) >= 11 is 9.26. The summed E-state index contributed by atoms with van der Waals surface area (Å²) in [6.07, 6.45) is 0. The maximum absolute atomic E-state index is 9.03. The van der Waals surface area contributed by atoms with E-state index in [1.165, 1.54) is 0 Å². The molecule has 0 aromatic heterocycles. The molecule has 0 saturated heterocycles. The van der Waals surface area contributed by atoms with Crippen LogP contribution < -0.4 is 11.1 Å². The van der Waals surface area contributed by atoms with Crippen molar-refractivity contribution >= 4 is 44.6 Å². The number of halogens is 2. The molecule has 0 aliphatic carbocycles. The minimum atomic E-state index is 0.515. The number of nitriles is 1. The van der Waals surface area contributed by atoms with E-state index in [2.05, 4.69) is 27.3 Å². The number of nitrogens with two attached hydrogens (primary N) is 1. The highest BCUT2D eigenvalue weighted by Crippen LogP contribution is 2.29. The van der Waals surface area contributed by atoms with Crippen LogP contribution in [0.15, 0.2) is 40.9 Å². The highest BCUT2D eigenvalue weighted by molar-refractivity contribution is 9.10. The molecule has 0 heterocycles. The van der Waals surface area contributed by atoms with E-state index in [1.807, 2.05) is 12.1 Å². The molecule has 0 unspecified atom stereocenters. The van der Waals surface area contributed by atoms with Gasteiger partial charge in [-0.3, -0.25) is 0 Å². The second-order valence-corrected chi connectivity index (χ2v) is 5.01. The molecule has 3 nitrogen and oxygen atoms in total. The molecule has 0 saturated carbocycles. The predicted molar refractivity (Wildman–Crippen MR) is 78.0 cm³/mol. The van der Waals surface area contributed by atoms with Crippen LogP contribution in [0.3, 0.4) is 0 Å². The number of benzene rings is 2. The second kappa shape index (κ2) is 5.30. The average Bonchev–Trinajstić information content (AvgIpc) is 2.33. The van der Waals surface area contributed by atoms with Crippen molar-refractivity contribution in [2.75, 3.05) is 11.1 Å². The lowest BCUT2D eigenvalue weighted by molar-refractivity contribution is 1.46. The molecule has 0 spiro atoms. The Kier molecular flexibility index (Phi) is 3.75. The SMILES string of the molecule is N#Cc1ccc(Cl)cc1Nc1ccc(Br)cc1N. The van der Waals surface area contributed by atoms with E-state index in [0.29, 0.717) is 22.0 Å². The van der Waals surface area contributed by atoms with E-state index in [9.17, 15) is 0 Å². The summed E-state index contributed by atoms with van der Waals surface area (Å²) in [4.78, 5) is 0. The number of nitrogens with zero attached hydrogens (tertiary/aromatic N) is 1. The van der Waals surface area contributed by atoms with Gasteiger partial charge in [0.25, 0.3) is 0 Å². The summed E-state index contributed by atoms with van der Waals surface area (Å²) in [5.74, 6) is 0. The van der Waals surface area contributed by atoms with Gasteiger partial charge >= 0.3 is 0 Å². The van der Waals surface area contributed by atoms with E-state index in [1.54, 1.807) is 24.3 Å². The van der Waals surface area contributed by atoms with Gasteiger partial charge in [-0.2, -0.15) is 5.26 Å². The zero-order valence-corrected chi connectivity index (χ0v) is 11.6. The number of nitrogens with one attached hydrogen (secondary N) is 1. The third-order valence-electron chi connectivity index (χ3n) is 2.39. The number of rotatable bonds is 2. The quantitative estimate of drug-likeness (QED) is 0.810. The van der Waals surface area contributed by atoms with Crippen LogP contribution in [0.25, 0.3) is 0 Å². The monoisotopic (exact) mass is 321 g/mol. The molecule has 18 heavy (non-hydrogen) atoms. The Hall–Kier alpha value is -1.70. The van der Waals surface area contributed by atoms with Crippen molar-refractivity contribution in [3.8, 4) is 6.07 Å². The third-order valence-corrected chi connectivity index (χ3v) is 3.11. The van der Waals surface area contributed by atoms with E-state index < -0.39 is 0 Å². The molecule has 2 aromatic rings. The molecule has 0 aliphatic rings. The molecule has 5 heteroatoms. The van der Waals surface area contributed by atoms with Gasteiger partial charge in [-0.05, 0) is 36.4 Å². The van der Waals surface area contributed by atoms with Gasteiger partial charge in [0, 0.05) is 9.50 Å². The Bertz CT molecular complexity index is 635. The van der Waals surface area contributed by atoms with E-state index in [0.717, 1.165) is 10.2 Å². The van der Waals surface area contributed by atoms with Gasteiger partial charge in [0.2, 0.25) is 0 Å². The maximum Gasteiger partial charge on any atom is 0.101 e. The fourth-order valence-corrected chi connectivity index (χ4v) is 2.06. The molecule has 3 N–H and O–H groups in total. The van der Waals surface area contributed by atoms with Crippen molar-refractivity contribution in [2.45, 2.75) is 0 Å². The maximum atomic E-state index is 9.03. The fourth-order valence-electron chi connectivity index (χ4n) is 1.51. The largest absolute Gasteiger partial charge is 0.397 e. The summed E-state index contributed by atoms with van der Waals surface area (Å²) in [5, 5.41) is 12.7. The third kappa shape index (κ3) is 2.76. The number of hydrogen-bond donors (Lipinski definition) is 2.